The Morgan fingerprint density at radius 3 is 2.68 bits per heavy atom. The van der Waals surface area contributed by atoms with Crippen LogP contribution in [0.3, 0.4) is 0 Å². The van der Waals surface area contributed by atoms with Crippen molar-refractivity contribution in [1.29, 1.82) is 0 Å². The zero-order valence-electron chi connectivity index (χ0n) is 15.8. The van der Waals surface area contributed by atoms with E-state index in [1.165, 1.54) is 5.56 Å². The first-order valence-corrected chi connectivity index (χ1v) is 10.4. The third-order valence-electron chi connectivity index (χ3n) is 4.34. The fourth-order valence-corrected chi connectivity index (χ4v) is 3.45. The molecule has 0 spiro atoms. The Bertz CT molecular complexity index is 852. The number of ether oxygens (including phenoxy) is 1. The predicted octanol–water partition coefficient (Wildman–Crippen LogP) is 3.98. The van der Waals surface area contributed by atoms with Gasteiger partial charge in [0.15, 0.2) is 5.76 Å². The SMILES string of the molecule is C[C@H](CCc1ccccc1)NC(=O)c1cccc(NC(=O)C2=CSCCO2)c1. The zero-order chi connectivity index (χ0) is 19.8. The van der Waals surface area contributed by atoms with E-state index in [2.05, 4.69) is 22.8 Å². The van der Waals surface area contributed by atoms with Crippen LogP contribution in [0, 0.1) is 0 Å². The van der Waals surface area contributed by atoms with Gasteiger partial charge in [-0.3, -0.25) is 9.59 Å². The molecule has 28 heavy (non-hydrogen) atoms. The predicted molar refractivity (Wildman–Crippen MR) is 113 cm³/mol. The summed E-state index contributed by atoms with van der Waals surface area (Å²) in [6.07, 6.45) is 1.76. The number of hydrogen-bond donors (Lipinski definition) is 2. The van der Waals surface area contributed by atoms with Crippen LogP contribution in [0.25, 0.3) is 0 Å². The van der Waals surface area contributed by atoms with Crippen molar-refractivity contribution in [2.75, 3.05) is 17.7 Å². The van der Waals surface area contributed by atoms with Crippen LogP contribution in [0.5, 0.6) is 0 Å². The normalized spacial score (nSPS) is 14.4. The van der Waals surface area contributed by atoms with Crippen LogP contribution in [-0.2, 0) is 16.0 Å². The second-order valence-electron chi connectivity index (χ2n) is 6.64. The lowest BCUT2D eigenvalue weighted by molar-refractivity contribution is -0.116. The number of rotatable bonds is 7. The topological polar surface area (TPSA) is 67.4 Å². The summed E-state index contributed by atoms with van der Waals surface area (Å²) in [6, 6.07) is 17.2. The van der Waals surface area contributed by atoms with E-state index in [0.717, 1.165) is 18.6 Å². The minimum Gasteiger partial charge on any atom is -0.487 e. The van der Waals surface area contributed by atoms with Gasteiger partial charge in [0.1, 0.15) is 0 Å². The lowest BCUT2D eigenvalue weighted by Crippen LogP contribution is -2.33. The Morgan fingerprint density at radius 2 is 1.93 bits per heavy atom. The van der Waals surface area contributed by atoms with Gasteiger partial charge in [-0.15, -0.1) is 11.8 Å². The number of benzene rings is 2. The average molecular weight is 397 g/mol. The summed E-state index contributed by atoms with van der Waals surface area (Å²) in [5.41, 5.74) is 2.33. The Balaban J connectivity index is 1.54. The molecule has 3 rings (SSSR count). The molecule has 1 aliphatic heterocycles. The maximum Gasteiger partial charge on any atom is 0.291 e. The maximum absolute atomic E-state index is 12.5. The van der Waals surface area contributed by atoms with Gasteiger partial charge >= 0.3 is 0 Å². The number of amides is 2. The molecule has 2 amide bonds. The van der Waals surface area contributed by atoms with E-state index in [1.54, 1.807) is 41.4 Å². The van der Waals surface area contributed by atoms with Crippen molar-refractivity contribution in [2.45, 2.75) is 25.8 Å². The monoisotopic (exact) mass is 396 g/mol. The first-order chi connectivity index (χ1) is 13.6. The molecule has 1 atom stereocenters. The summed E-state index contributed by atoms with van der Waals surface area (Å²) < 4.78 is 5.35. The van der Waals surface area contributed by atoms with Gasteiger partial charge in [-0.2, -0.15) is 0 Å². The third-order valence-corrected chi connectivity index (χ3v) is 5.12. The number of aryl methyl sites for hydroxylation is 1. The molecule has 0 unspecified atom stereocenters. The second kappa shape index (κ2) is 9.99. The number of hydrogen-bond acceptors (Lipinski definition) is 4. The fraction of sp³-hybridized carbons (Fsp3) is 0.273. The molecule has 2 N–H and O–H groups in total. The van der Waals surface area contributed by atoms with Crippen molar-refractivity contribution in [3.05, 3.63) is 76.9 Å². The lowest BCUT2D eigenvalue weighted by Gasteiger charge is -2.16. The summed E-state index contributed by atoms with van der Waals surface area (Å²) in [6.45, 7) is 2.52. The van der Waals surface area contributed by atoms with Crippen LogP contribution >= 0.6 is 11.8 Å². The van der Waals surface area contributed by atoms with Crippen molar-refractivity contribution >= 4 is 29.3 Å². The molecule has 0 radical (unpaired) electrons. The van der Waals surface area contributed by atoms with Crippen molar-refractivity contribution < 1.29 is 14.3 Å². The molecule has 2 aromatic rings. The van der Waals surface area contributed by atoms with E-state index in [-0.39, 0.29) is 17.9 Å². The minimum absolute atomic E-state index is 0.0452. The van der Waals surface area contributed by atoms with E-state index in [9.17, 15) is 9.59 Å². The molecule has 6 heteroatoms. The molecular weight excluding hydrogens is 372 g/mol. The first-order valence-electron chi connectivity index (χ1n) is 9.32. The highest BCUT2D eigenvalue weighted by Crippen LogP contribution is 2.18. The van der Waals surface area contributed by atoms with Crippen LogP contribution in [-0.4, -0.2) is 30.2 Å². The van der Waals surface area contributed by atoms with Crippen LogP contribution in [0.4, 0.5) is 5.69 Å². The molecule has 0 saturated heterocycles. The van der Waals surface area contributed by atoms with Crippen molar-refractivity contribution in [1.82, 2.24) is 5.32 Å². The van der Waals surface area contributed by atoms with E-state index in [4.69, 9.17) is 4.74 Å². The van der Waals surface area contributed by atoms with Crippen LogP contribution in [0.1, 0.15) is 29.3 Å². The maximum atomic E-state index is 12.5. The van der Waals surface area contributed by atoms with E-state index >= 15 is 0 Å². The van der Waals surface area contributed by atoms with Gasteiger partial charge in [0.2, 0.25) is 0 Å². The molecule has 1 heterocycles. The molecule has 0 aromatic heterocycles. The van der Waals surface area contributed by atoms with Gasteiger partial charge in [-0.1, -0.05) is 36.4 Å². The lowest BCUT2D eigenvalue weighted by atomic mass is 10.1. The van der Waals surface area contributed by atoms with Gasteiger partial charge < -0.3 is 15.4 Å². The molecule has 146 valence electrons. The highest BCUT2D eigenvalue weighted by Gasteiger charge is 2.16. The molecule has 0 fully saturated rings. The molecule has 5 nitrogen and oxygen atoms in total. The highest BCUT2D eigenvalue weighted by atomic mass is 32.2. The highest BCUT2D eigenvalue weighted by molar-refractivity contribution is 8.02. The summed E-state index contributed by atoms with van der Waals surface area (Å²) in [5, 5.41) is 7.51. The minimum atomic E-state index is -0.305. The average Bonchev–Trinajstić information content (AvgIpc) is 2.74. The summed E-state index contributed by atoms with van der Waals surface area (Å²) in [4.78, 5) is 24.8. The Morgan fingerprint density at radius 1 is 1.11 bits per heavy atom. The van der Waals surface area contributed by atoms with Gasteiger partial charge in [0, 0.05) is 28.5 Å². The van der Waals surface area contributed by atoms with Gasteiger partial charge in [0.05, 0.1) is 6.61 Å². The van der Waals surface area contributed by atoms with Crippen molar-refractivity contribution in [3.8, 4) is 0 Å². The van der Waals surface area contributed by atoms with E-state index < -0.39 is 0 Å². The van der Waals surface area contributed by atoms with E-state index in [1.807, 2.05) is 25.1 Å². The van der Waals surface area contributed by atoms with Gasteiger partial charge in [-0.25, -0.2) is 0 Å². The fourth-order valence-electron chi connectivity index (χ4n) is 2.83. The number of thioether (sulfide) groups is 1. The van der Waals surface area contributed by atoms with Crippen LogP contribution in [0.2, 0.25) is 0 Å². The quantitative estimate of drug-likeness (QED) is 0.743. The van der Waals surface area contributed by atoms with Gasteiger partial charge in [0.25, 0.3) is 11.8 Å². The molecule has 1 aliphatic rings. The molecule has 0 aliphatic carbocycles. The number of carbonyl (C=O) groups is 2. The standard InChI is InChI=1S/C22H24N2O3S/c1-16(10-11-17-6-3-2-4-7-17)23-21(25)18-8-5-9-19(14-18)24-22(26)20-15-28-13-12-27-20/h2-9,14-16H,10-13H2,1H3,(H,23,25)(H,24,26)/t16-/m1/s1. The molecule has 2 aromatic carbocycles. The molecule has 0 bridgehead atoms. The smallest absolute Gasteiger partial charge is 0.291 e. The number of anilines is 1. The third kappa shape index (κ3) is 5.89. The molecular formula is C22H24N2O3S. The van der Waals surface area contributed by atoms with Crippen LogP contribution < -0.4 is 10.6 Å². The summed E-state index contributed by atoms with van der Waals surface area (Å²) in [7, 11) is 0. The summed E-state index contributed by atoms with van der Waals surface area (Å²) in [5.74, 6) is 0.691. The zero-order valence-corrected chi connectivity index (χ0v) is 16.6. The Hall–Kier alpha value is -2.73. The molecule has 0 saturated carbocycles. The van der Waals surface area contributed by atoms with Gasteiger partial charge in [-0.05, 0) is 43.5 Å². The van der Waals surface area contributed by atoms with Crippen molar-refractivity contribution in [2.24, 2.45) is 0 Å². The Kier molecular flexibility index (Phi) is 7.14. The number of nitrogens with one attached hydrogen (secondary N) is 2. The largest absolute Gasteiger partial charge is 0.487 e. The number of carbonyl (C=O) groups excluding carboxylic acids is 2. The van der Waals surface area contributed by atoms with E-state index in [0.29, 0.717) is 23.6 Å². The van der Waals surface area contributed by atoms with Crippen molar-refractivity contribution in [3.63, 3.8) is 0 Å². The first kappa shape index (κ1) is 20.0. The summed E-state index contributed by atoms with van der Waals surface area (Å²) >= 11 is 1.55. The second-order valence-corrected chi connectivity index (χ2v) is 7.61. The van der Waals surface area contributed by atoms with Crippen LogP contribution in [0.15, 0.2) is 65.8 Å². The Labute approximate surface area is 169 Å².